The van der Waals surface area contributed by atoms with Gasteiger partial charge in [-0.3, -0.25) is 4.90 Å². The highest BCUT2D eigenvalue weighted by Crippen LogP contribution is 2.28. The van der Waals surface area contributed by atoms with Gasteiger partial charge < -0.3 is 5.73 Å². The summed E-state index contributed by atoms with van der Waals surface area (Å²) < 4.78 is 0. The van der Waals surface area contributed by atoms with E-state index in [1.54, 1.807) is 0 Å². The molecule has 2 N–H and O–H groups in total. The van der Waals surface area contributed by atoms with Crippen LogP contribution in [-0.2, 0) is 0 Å². The van der Waals surface area contributed by atoms with E-state index in [0.717, 1.165) is 12.5 Å². The van der Waals surface area contributed by atoms with E-state index < -0.39 is 0 Å². The fourth-order valence-corrected chi connectivity index (χ4v) is 3.14. The quantitative estimate of drug-likeness (QED) is 0.781. The summed E-state index contributed by atoms with van der Waals surface area (Å²) in [7, 11) is 0. The highest BCUT2D eigenvalue weighted by molar-refractivity contribution is 4.91. The smallest absolute Gasteiger partial charge is 0.0329 e. The summed E-state index contributed by atoms with van der Waals surface area (Å²) >= 11 is 0. The number of nitrogens with two attached hydrogens (primary N) is 1. The lowest BCUT2D eigenvalue weighted by atomic mass is 9.88. The standard InChI is InChI=1S/C14H30N2/c1-4-9-14(5-2,12-15)16-10-6-7-13(3)8-11-16/h13H,4-12,15H2,1-3H3. The van der Waals surface area contributed by atoms with Gasteiger partial charge in [0.2, 0.25) is 0 Å². The van der Waals surface area contributed by atoms with Gasteiger partial charge in [0.1, 0.15) is 0 Å². The number of hydrogen-bond donors (Lipinski definition) is 1. The van der Waals surface area contributed by atoms with Crippen molar-refractivity contribution in [2.24, 2.45) is 11.7 Å². The lowest BCUT2D eigenvalue weighted by molar-refractivity contribution is 0.0824. The van der Waals surface area contributed by atoms with E-state index >= 15 is 0 Å². The zero-order valence-corrected chi connectivity index (χ0v) is 11.5. The predicted molar refractivity (Wildman–Crippen MR) is 71.6 cm³/mol. The van der Waals surface area contributed by atoms with Crippen LogP contribution in [0, 0.1) is 5.92 Å². The highest BCUT2D eigenvalue weighted by atomic mass is 15.2. The summed E-state index contributed by atoms with van der Waals surface area (Å²) in [5, 5.41) is 0. The maximum Gasteiger partial charge on any atom is 0.0329 e. The largest absolute Gasteiger partial charge is 0.329 e. The second-order valence-corrected chi connectivity index (χ2v) is 5.56. The molecule has 0 aromatic carbocycles. The summed E-state index contributed by atoms with van der Waals surface area (Å²) in [5.41, 5.74) is 6.37. The number of hydrogen-bond acceptors (Lipinski definition) is 2. The number of likely N-dealkylation sites (tertiary alicyclic amines) is 1. The molecule has 1 aliphatic rings. The molecule has 0 aromatic rings. The first kappa shape index (κ1) is 14.0. The Kier molecular flexibility index (Phi) is 5.77. The summed E-state index contributed by atoms with van der Waals surface area (Å²) in [4.78, 5) is 2.69. The van der Waals surface area contributed by atoms with Crippen molar-refractivity contribution in [3.63, 3.8) is 0 Å². The third-order valence-electron chi connectivity index (χ3n) is 4.44. The van der Waals surface area contributed by atoms with Crippen molar-refractivity contribution in [2.75, 3.05) is 19.6 Å². The zero-order chi connectivity index (χ0) is 12.0. The first-order chi connectivity index (χ1) is 7.68. The highest BCUT2D eigenvalue weighted by Gasteiger charge is 2.33. The van der Waals surface area contributed by atoms with E-state index in [9.17, 15) is 0 Å². The van der Waals surface area contributed by atoms with Crippen LogP contribution in [0.5, 0.6) is 0 Å². The van der Waals surface area contributed by atoms with Crippen LogP contribution in [0.3, 0.4) is 0 Å². The van der Waals surface area contributed by atoms with Gasteiger partial charge in [0.25, 0.3) is 0 Å². The Balaban J connectivity index is 2.68. The van der Waals surface area contributed by atoms with Gasteiger partial charge in [-0.15, -0.1) is 0 Å². The normalized spacial score (nSPS) is 27.4. The van der Waals surface area contributed by atoms with Gasteiger partial charge in [-0.1, -0.05) is 27.2 Å². The van der Waals surface area contributed by atoms with E-state index in [2.05, 4.69) is 25.7 Å². The van der Waals surface area contributed by atoms with Crippen LogP contribution in [0.1, 0.15) is 59.3 Å². The van der Waals surface area contributed by atoms with Crippen molar-refractivity contribution in [3.05, 3.63) is 0 Å². The van der Waals surface area contributed by atoms with Crippen LogP contribution < -0.4 is 5.73 Å². The first-order valence-corrected chi connectivity index (χ1v) is 7.13. The SMILES string of the molecule is CCCC(CC)(CN)N1CCCC(C)CC1. The van der Waals surface area contributed by atoms with E-state index in [1.165, 1.54) is 51.6 Å². The van der Waals surface area contributed by atoms with E-state index in [0.29, 0.717) is 5.54 Å². The molecule has 0 aromatic heterocycles. The summed E-state index contributed by atoms with van der Waals surface area (Å²) in [6, 6.07) is 0. The van der Waals surface area contributed by atoms with Gasteiger partial charge in [0.15, 0.2) is 0 Å². The Hall–Kier alpha value is -0.0800. The molecule has 1 rings (SSSR count). The molecular weight excluding hydrogens is 196 g/mol. The first-order valence-electron chi connectivity index (χ1n) is 7.13. The number of rotatable bonds is 5. The Labute approximate surface area is 102 Å². The molecule has 2 nitrogen and oxygen atoms in total. The third kappa shape index (κ3) is 3.21. The fraction of sp³-hybridized carbons (Fsp3) is 1.00. The summed E-state index contributed by atoms with van der Waals surface area (Å²) in [5.74, 6) is 0.902. The van der Waals surface area contributed by atoms with Crippen LogP contribution in [0.25, 0.3) is 0 Å². The van der Waals surface area contributed by atoms with Crippen LogP contribution >= 0.6 is 0 Å². The van der Waals surface area contributed by atoms with Crippen LogP contribution in [0.4, 0.5) is 0 Å². The Bertz CT molecular complexity index is 187. The molecule has 1 aliphatic heterocycles. The molecule has 0 aliphatic carbocycles. The predicted octanol–water partition coefficient (Wildman–Crippen LogP) is 3.02. The van der Waals surface area contributed by atoms with Crippen molar-refractivity contribution in [3.8, 4) is 0 Å². The van der Waals surface area contributed by atoms with Crippen LogP contribution in [0.2, 0.25) is 0 Å². The summed E-state index contributed by atoms with van der Waals surface area (Å²) in [6.07, 6.45) is 7.81. The van der Waals surface area contributed by atoms with Gasteiger partial charge in [-0.2, -0.15) is 0 Å². The second kappa shape index (κ2) is 6.61. The van der Waals surface area contributed by atoms with Crippen molar-refractivity contribution in [1.82, 2.24) is 4.90 Å². The molecule has 16 heavy (non-hydrogen) atoms. The van der Waals surface area contributed by atoms with Crippen molar-refractivity contribution >= 4 is 0 Å². The maximum atomic E-state index is 6.08. The third-order valence-corrected chi connectivity index (χ3v) is 4.44. The lowest BCUT2D eigenvalue weighted by Gasteiger charge is -2.43. The Morgan fingerprint density at radius 3 is 2.56 bits per heavy atom. The molecule has 1 fully saturated rings. The molecule has 1 saturated heterocycles. The fourth-order valence-electron chi connectivity index (χ4n) is 3.14. The van der Waals surface area contributed by atoms with Crippen molar-refractivity contribution in [2.45, 2.75) is 64.8 Å². The monoisotopic (exact) mass is 226 g/mol. The molecule has 0 radical (unpaired) electrons. The van der Waals surface area contributed by atoms with Crippen LogP contribution in [0.15, 0.2) is 0 Å². The molecule has 0 saturated carbocycles. The van der Waals surface area contributed by atoms with Gasteiger partial charge in [-0.05, 0) is 51.1 Å². The van der Waals surface area contributed by atoms with E-state index in [-0.39, 0.29) is 0 Å². The Morgan fingerprint density at radius 2 is 2.00 bits per heavy atom. The van der Waals surface area contributed by atoms with Crippen molar-refractivity contribution < 1.29 is 0 Å². The van der Waals surface area contributed by atoms with Crippen molar-refractivity contribution in [1.29, 1.82) is 0 Å². The lowest BCUT2D eigenvalue weighted by Crippen LogP contribution is -2.53. The maximum absolute atomic E-state index is 6.08. The minimum absolute atomic E-state index is 0.290. The van der Waals surface area contributed by atoms with Gasteiger partial charge in [0.05, 0.1) is 0 Å². The summed E-state index contributed by atoms with van der Waals surface area (Å²) in [6.45, 7) is 10.3. The molecule has 96 valence electrons. The topological polar surface area (TPSA) is 29.3 Å². The van der Waals surface area contributed by atoms with Gasteiger partial charge in [-0.25, -0.2) is 0 Å². The molecule has 1 heterocycles. The molecule has 2 atom stereocenters. The minimum atomic E-state index is 0.290. The molecule has 0 amide bonds. The molecule has 0 spiro atoms. The molecule has 0 bridgehead atoms. The van der Waals surface area contributed by atoms with E-state index in [4.69, 9.17) is 5.73 Å². The van der Waals surface area contributed by atoms with Gasteiger partial charge >= 0.3 is 0 Å². The molecular formula is C14H30N2. The minimum Gasteiger partial charge on any atom is -0.329 e. The molecule has 2 unspecified atom stereocenters. The van der Waals surface area contributed by atoms with Gasteiger partial charge in [0, 0.05) is 12.1 Å². The average molecular weight is 226 g/mol. The van der Waals surface area contributed by atoms with E-state index in [1.807, 2.05) is 0 Å². The average Bonchev–Trinajstić information content (AvgIpc) is 2.52. The molecule has 2 heteroatoms. The zero-order valence-electron chi connectivity index (χ0n) is 11.5. The second-order valence-electron chi connectivity index (χ2n) is 5.56. The Morgan fingerprint density at radius 1 is 1.25 bits per heavy atom. The van der Waals surface area contributed by atoms with Crippen LogP contribution in [-0.4, -0.2) is 30.1 Å². The number of nitrogens with zero attached hydrogens (tertiary/aromatic N) is 1.